The fraction of sp³-hybridized carbons (Fsp3) is 0.500. The van der Waals surface area contributed by atoms with Gasteiger partial charge in [0.15, 0.2) is 0 Å². The van der Waals surface area contributed by atoms with E-state index in [1.54, 1.807) is 0 Å². The maximum Gasteiger partial charge on any atom is 0.0855 e. The van der Waals surface area contributed by atoms with E-state index in [9.17, 15) is 0 Å². The van der Waals surface area contributed by atoms with E-state index < -0.39 is 0 Å². The average Bonchev–Trinajstić information content (AvgIpc) is 2.16. The minimum Gasteiger partial charge on any atom is -0.250 e. The molecule has 0 aromatic heterocycles. The van der Waals surface area contributed by atoms with E-state index in [4.69, 9.17) is 0 Å². The first kappa shape index (κ1) is 9.69. The van der Waals surface area contributed by atoms with Gasteiger partial charge >= 0.3 is 0 Å². The molecular formula is C12H19N2+. The van der Waals surface area contributed by atoms with Gasteiger partial charge in [-0.05, 0) is 17.5 Å². The smallest absolute Gasteiger partial charge is 0.0855 e. The lowest BCUT2D eigenvalue weighted by Gasteiger charge is -2.39. The van der Waals surface area contributed by atoms with E-state index in [0.29, 0.717) is 0 Å². The number of hydrogen-bond acceptors (Lipinski definition) is 1. The highest BCUT2D eigenvalue weighted by atomic mass is 15.7. The Kier molecular flexibility index (Phi) is 2.33. The van der Waals surface area contributed by atoms with Crippen LogP contribution in [0.3, 0.4) is 0 Å². The van der Waals surface area contributed by atoms with Crippen molar-refractivity contribution in [2.24, 2.45) is 0 Å². The first-order valence-corrected chi connectivity index (χ1v) is 5.21. The van der Waals surface area contributed by atoms with E-state index in [2.05, 4.69) is 50.4 Å². The zero-order valence-electron chi connectivity index (χ0n) is 9.33. The van der Waals surface area contributed by atoms with Gasteiger partial charge in [0.25, 0.3) is 0 Å². The van der Waals surface area contributed by atoms with Gasteiger partial charge < -0.3 is 0 Å². The molecule has 1 heterocycles. The number of hydrogen-bond donors (Lipinski definition) is 0. The molecule has 1 aliphatic rings. The Labute approximate surface area is 86.3 Å². The third-order valence-electron chi connectivity index (χ3n) is 2.96. The maximum atomic E-state index is 2.49. The predicted molar refractivity (Wildman–Crippen MR) is 58.6 cm³/mol. The Morgan fingerprint density at radius 2 is 1.71 bits per heavy atom. The lowest BCUT2D eigenvalue weighted by Crippen LogP contribution is -2.53. The molecule has 2 rings (SSSR count). The van der Waals surface area contributed by atoms with Crippen LogP contribution in [0.2, 0.25) is 0 Å². The van der Waals surface area contributed by atoms with Crippen LogP contribution in [-0.2, 0) is 13.0 Å². The van der Waals surface area contributed by atoms with Crippen molar-refractivity contribution in [1.82, 2.24) is 5.01 Å². The van der Waals surface area contributed by atoms with Gasteiger partial charge in [-0.2, -0.15) is 5.01 Å². The van der Waals surface area contributed by atoms with Crippen LogP contribution >= 0.6 is 0 Å². The van der Waals surface area contributed by atoms with Crippen LogP contribution < -0.4 is 0 Å². The molecule has 0 saturated heterocycles. The zero-order chi connectivity index (χ0) is 10.2. The van der Waals surface area contributed by atoms with Gasteiger partial charge in [-0.25, -0.2) is 0 Å². The summed E-state index contributed by atoms with van der Waals surface area (Å²) in [4.78, 5) is 0. The molecule has 0 fully saturated rings. The molecule has 1 aromatic carbocycles. The van der Waals surface area contributed by atoms with Gasteiger partial charge in [-0.3, -0.25) is 4.59 Å². The molecule has 76 valence electrons. The highest BCUT2D eigenvalue weighted by molar-refractivity contribution is 5.28. The van der Waals surface area contributed by atoms with Crippen LogP contribution in [0.4, 0.5) is 0 Å². The molecule has 0 aliphatic carbocycles. The molecule has 1 aliphatic heterocycles. The lowest BCUT2D eigenvalue weighted by molar-refractivity contribution is -0.989. The fourth-order valence-electron chi connectivity index (χ4n) is 1.99. The molecule has 0 spiro atoms. The first-order valence-electron chi connectivity index (χ1n) is 5.21. The van der Waals surface area contributed by atoms with Gasteiger partial charge in [0, 0.05) is 0 Å². The van der Waals surface area contributed by atoms with Gasteiger partial charge in [0.1, 0.15) is 0 Å². The molecule has 0 unspecified atom stereocenters. The Morgan fingerprint density at radius 3 is 2.36 bits per heavy atom. The van der Waals surface area contributed by atoms with Crippen LogP contribution in [0.1, 0.15) is 11.1 Å². The summed E-state index contributed by atoms with van der Waals surface area (Å²) in [7, 11) is 6.69. The van der Waals surface area contributed by atoms with Crippen LogP contribution in [0.15, 0.2) is 24.3 Å². The Balaban J connectivity index is 2.22. The zero-order valence-corrected chi connectivity index (χ0v) is 9.33. The van der Waals surface area contributed by atoms with E-state index in [-0.39, 0.29) is 0 Å². The summed E-state index contributed by atoms with van der Waals surface area (Å²) < 4.78 is 0.925. The Hall–Kier alpha value is -0.860. The highest BCUT2D eigenvalue weighted by Gasteiger charge is 2.25. The van der Waals surface area contributed by atoms with Crippen molar-refractivity contribution < 1.29 is 4.59 Å². The second-order valence-corrected chi connectivity index (χ2v) is 4.85. The molecule has 0 bridgehead atoms. The molecule has 1 aromatic rings. The largest absolute Gasteiger partial charge is 0.250 e. The molecular weight excluding hydrogens is 172 g/mol. The lowest BCUT2D eigenvalue weighted by atomic mass is 10.0. The van der Waals surface area contributed by atoms with E-state index in [1.165, 1.54) is 24.1 Å². The Morgan fingerprint density at radius 1 is 1.07 bits per heavy atom. The van der Waals surface area contributed by atoms with E-state index >= 15 is 0 Å². The summed E-state index contributed by atoms with van der Waals surface area (Å²) in [5.74, 6) is 0. The number of nitrogens with zero attached hydrogens (tertiary/aromatic N) is 2. The number of benzene rings is 1. The molecule has 0 saturated carbocycles. The SMILES string of the molecule is C[N+](C)(C)N1CCc2ccccc2C1. The summed E-state index contributed by atoms with van der Waals surface area (Å²) in [5.41, 5.74) is 3.02. The molecule has 2 nitrogen and oxygen atoms in total. The maximum absolute atomic E-state index is 2.49. The predicted octanol–water partition coefficient (Wildman–Crippen LogP) is 1.67. The molecule has 0 N–H and O–H groups in total. The van der Waals surface area contributed by atoms with Gasteiger partial charge in [-0.15, -0.1) is 0 Å². The van der Waals surface area contributed by atoms with E-state index in [1.807, 2.05) is 0 Å². The van der Waals surface area contributed by atoms with Crippen molar-refractivity contribution in [1.29, 1.82) is 0 Å². The third-order valence-corrected chi connectivity index (χ3v) is 2.96. The van der Waals surface area contributed by atoms with Gasteiger partial charge in [0.05, 0.1) is 34.2 Å². The Bertz CT molecular complexity index is 325. The molecule has 2 heteroatoms. The van der Waals surface area contributed by atoms with Gasteiger partial charge in [-0.1, -0.05) is 24.3 Å². The topological polar surface area (TPSA) is 3.24 Å². The second kappa shape index (κ2) is 3.37. The molecule has 14 heavy (non-hydrogen) atoms. The standard InChI is InChI=1S/C12H19N2/c1-14(2,3)13-9-8-11-6-4-5-7-12(11)10-13/h4-7H,8-10H2,1-3H3/q+1. The van der Waals surface area contributed by atoms with Gasteiger partial charge in [0.2, 0.25) is 0 Å². The monoisotopic (exact) mass is 191 g/mol. The molecule has 0 radical (unpaired) electrons. The average molecular weight is 191 g/mol. The first-order chi connectivity index (χ1) is 6.57. The minimum absolute atomic E-state index is 0.925. The summed E-state index contributed by atoms with van der Waals surface area (Å²) in [6.07, 6.45) is 1.19. The number of quaternary nitrogens is 1. The summed E-state index contributed by atoms with van der Waals surface area (Å²) in [6, 6.07) is 8.78. The summed E-state index contributed by atoms with van der Waals surface area (Å²) in [6.45, 7) is 2.25. The number of rotatable bonds is 1. The summed E-state index contributed by atoms with van der Waals surface area (Å²) >= 11 is 0. The van der Waals surface area contributed by atoms with Crippen molar-refractivity contribution >= 4 is 0 Å². The molecule has 0 amide bonds. The second-order valence-electron chi connectivity index (χ2n) is 4.85. The fourth-order valence-corrected chi connectivity index (χ4v) is 1.99. The normalized spacial score (nSPS) is 17.9. The van der Waals surface area contributed by atoms with Crippen LogP contribution in [0, 0.1) is 0 Å². The van der Waals surface area contributed by atoms with Crippen molar-refractivity contribution in [2.75, 3.05) is 27.7 Å². The number of fused-ring (bicyclic) bond motifs is 1. The van der Waals surface area contributed by atoms with Crippen molar-refractivity contribution in [2.45, 2.75) is 13.0 Å². The van der Waals surface area contributed by atoms with Crippen LogP contribution in [0.5, 0.6) is 0 Å². The van der Waals surface area contributed by atoms with E-state index in [0.717, 1.165) is 11.1 Å². The highest BCUT2D eigenvalue weighted by Crippen LogP contribution is 2.20. The minimum atomic E-state index is 0.925. The van der Waals surface area contributed by atoms with Crippen molar-refractivity contribution in [3.05, 3.63) is 35.4 Å². The van der Waals surface area contributed by atoms with Crippen LogP contribution in [0.25, 0.3) is 0 Å². The summed E-state index contributed by atoms with van der Waals surface area (Å²) in [5, 5.41) is 2.49. The third kappa shape index (κ3) is 1.81. The van der Waals surface area contributed by atoms with Crippen LogP contribution in [-0.4, -0.2) is 37.3 Å². The quantitative estimate of drug-likeness (QED) is 0.610. The molecule has 0 atom stereocenters. The van der Waals surface area contributed by atoms with Crippen molar-refractivity contribution in [3.8, 4) is 0 Å². The van der Waals surface area contributed by atoms with Crippen molar-refractivity contribution in [3.63, 3.8) is 0 Å².